The molecule has 2 aliphatic rings. The van der Waals surface area contributed by atoms with Crippen LogP contribution in [0.15, 0.2) is 41.8 Å². The van der Waals surface area contributed by atoms with Crippen molar-refractivity contribution in [3.63, 3.8) is 0 Å². The summed E-state index contributed by atoms with van der Waals surface area (Å²) in [5.74, 6) is 0.912. The lowest BCUT2D eigenvalue weighted by Gasteiger charge is -2.52. The summed E-state index contributed by atoms with van der Waals surface area (Å²) in [5.41, 5.74) is 0.641. The van der Waals surface area contributed by atoms with Gasteiger partial charge < -0.3 is 14.2 Å². The van der Waals surface area contributed by atoms with E-state index in [1.54, 1.807) is 18.7 Å². The van der Waals surface area contributed by atoms with Crippen molar-refractivity contribution in [1.82, 2.24) is 18.8 Å². The largest absolute Gasteiger partial charge is 0.497 e. The van der Waals surface area contributed by atoms with Gasteiger partial charge in [0.05, 0.1) is 18.9 Å². The number of carbonyl (C=O) groups is 1. The Hall–Kier alpha value is -2.39. The lowest BCUT2D eigenvalue weighted by Crippen LogP contribution is -2.64. The van der Waals surface area contributed by atoms with E-state index in [-0.39, 0.29) is 10.9 Å². The van der Waals surface area contributed by atoms with Crippen LogP contribution in [0.5, 0.6) is 5.75 Å². The van der Waals surface area contributed by atoms with Gasteiger partial charge in [0.25, 0.3) is 10.0 Å². The number of imidazole rings is 1. The maximum absolute atomic E-state index is 12.8. The fourth-order valence-corrected chi connectivity index (χ4v) is 5.42. The van der Waals surface area contributed by atoms with E-state index in [1.165, 1.54) is 16.8 Å². The van der Waals surface area contributed by atoms with E-state index in [1.807, 2.05) is 29.2 Å². The summed E-state index contributed by atoms with van der Waals surface area (Å²) in [6.07, 6.45) is 4.09. The summed E-state index contributed by atoms with van der Waals surface area (Å²) >= 11 is 0. The zero-order chi connectivity index (χ0) is 19.9. The van der Waals surface area contributed by atoms with Gasteiger partial charge >= 0.3 is 0 Å². The first-order chi connectivity index (χ1) is 13.3. The number of rotatable bonds is 5. The van der Waals surface area contributed by atoms with Crippen molar-refractivity contribution in [2.24, 2.45) is 12.5 Å². The molecule has 2 aromatic rings. The quantitative estimate of drug-likeness (QED) is 0.700. The normalized spacial score (nSPS) is 19.6. The molecule has 2 fully saturated rings. The minimum Gasteiger partial charge on any atom is -0.497 e. The number of ether oxygens (including phenoxy) is 1. The van der Waals surface area contributed by atoms with Crippen molar-refractivity contribution < 1.29 is 17.9 Å². The SMILES string of the molecule is COc1ccc(CN2CC3(CCN(S(=O)(=O)c4cn(C)cn4)CC3)C2=O)cc1. The highest BCUT2D eigenvalue weighted by atomic mass is 32.2. The number of aryl methyl sites for hydroxylation is 1. The lowest BCUT2D eigenvalue weighted by molar-refractivity contribution is -0.165. The summed E-state index contributed by atoms with van der Waals surface area (Å²) < 4.78 is 33.6. The van der Waals surface area contributed by atoms with Gasteiger partial charge in [-0.2, -0.15) is 4.31 Å². The first-order valence-corrected chi connectivity index (χ1v) is 10.7. The molecule has 0 N–H and O–H groups in total. The van der Waals surface area contributed by atoms with Gasteiger partial charge in [-0.25, -0.2) is 13.4 Å². The molecule has 9 heteroatoms. The summed E-state index contributed by atoms with van der Waals surface area (Å²) in [6, 6.07) is 7.69. The Balaban J connectivity index is 1.36. The Labute approximate surface area is 164 Å². The predicted octanol–water partition coefficient (Wildman–Crippen LogP) is 1.24. The zero-order valence-electron chi connectivity index (χ0n) is 16.0. The maximum atomic E-state index is 12.8. The van der Waals surface area contributed by atoms with Crippen LogP contribution in [0.4, 0.5) is 0 Å². The number of methoxy groups -OCH3 is 1. The topological polar surface area (TPSA) is 84.7 Å². The average Bonchev–Trinajstić information content (AvgIpc) is 3.15. The van der Waals surface area contributed by atoms with E-state index < -0.39 is 15.4 Å². The van der Waals surface area contributed by atoms with Crippen LogP contribution in [0.1, 0.15) is 18.4 Å². The second kappa shape index (κ2) is 6.89. The van der Waals surface area contributed by atoms with Crippen LogP contribution in [0, 0.1) is 5.41 Å². The molecule has 150 valence electrons. The maximum Gasteiger partial charge on any atom is 0.262 e. The van der Waals surface area contributed by atoms with Gasteiger partial charge in [-0.1, -0.05) is 12.1 Å². The van der Waals surface area contributed by atoms with E-state index in [4.69, 9.17) is 4.74 Å². The van der Waals surface area contributed by atoms with Crippen molar-refractivity contribution >= 4 is 15.9 Å². The lowest BCUT2D eigenvalue weighted by atomic mass is 9.71. The van der Waals surface area contributed by atoms with Crippen LogP contribution in [-0.2, 0) is 28.4 Å². The number of benzene rings is 1. The fourth-order valence-electron chi connectivity index (χ4n) is 4.01. The van der Waals surface area contributed by atoms with Gasteiger partial charge in [-0.05, 0) is 30.5 Å². The summed E-state index contributed by atoms with van der Waals surface area (Å²) in [6.45, 7) is 1.94. The number of likely N-dealkylation sites (tertiary alicyclic amines) is 1. The van der Waals surface area contributed by atoms with E-state index in [0.29, 0.717) is 39.0 Å². The molecule has 0 saturated carbocycles. The standard InChI is InChI=1S/C19H24N4O4S/c1-21-12-17(20-14-21)28(25,26)23-9-7-19(8-10-23)13-22(18(19)24)11-15-3-5-16(27-2)6-4-15/h3-6,12,14H,7-11,13H2,1-2H3. The summed E-state index contributed by atoms with van der Waals surface area (Å²) in [7, 11) is -0.236. The molecule has 0 unspecified atom stereocenters. The number of carbonyl (C=O) groups excluding carboxylic acids is 1. The molecule has 1 amide bonds. The Morgan fingerprint density at radius 2 is 1.86 bits per heavy atom. The third-order valence-electron chi connectivity index (χ3n) is 5.73. The van der Waals surface area contributed by atoms with Gasteiger partial charge in [-0.15, -0.1) is 0 Å². The Bertz CT molecular complexity index is 976. The summed E-state index contributed by atoms with van der Waals surface area (Å²) in [5, 5.41) is 0.0621. The van der Waals surface area contributed by atoms with Crippen LogP contribution in [0.25, 0.3) is 0 Å². The van der Waals surface area contributed by atoms with Crippen LogP contribution < -0.4 is 4.74 Å². The molecule has 1 spiro atoms. The smallest absolute Gasteiger partial charge is 0.262 e. The van der Waals surface area contributed by atoms with Crippen molar-refractivity contribution in [3.05, 3.63) is 42.4 Å². The van der Waals surface area contributed by atoms with Gasteiger partial charge in [-0.3, -0.25) is 4.79 Å². The number of aromatic nitrogens is 2. The molecule has 0 atom stereocenters. The van der Waals surface area contributed by atoms with Crippen molar-refractivity contribution in [1.29, 1.82) is 0 Å². The molecule has 8 nitrogen and oxygen atoms in total. The molecule has 2 saturated heterocycles. The number of sulfonamides is 1. The minimum atomic E-state index is -3.60. The van der Waals surface area contributed by atoms with Gasteiger partial charge in [0.15, 0.2) is 5.03 Å². The van der Waals surface area contributed by atoms with Crippen LogP contribution in [0.3, 0.4) is 0 Å². The number of β-lactam (4-membered cyclic amide) rings is 1. The minimum absolute atomic E-state index is 0.0621. The monoisotopic (exact) mass is 404 g/mol. The Kier molecular flexibility index (Phi) is 4.67. The highest BCUT2D eigenvalue weighted by Crippen LogP contribution is 2.43. The molecular formula is C19H24N4O4S. The second-order valence-electron chi connectivity index (χ2n) is 7.57. The molecule has 3 heterocycles. The molecule has 2 aliphatic heterocycles. The Morgan fingerprint density at radius 3 is 2.39 bits per heavy atom. The molecule has 1 aromatic carbocycles. The van der Waals surface area contributed by atoms with Crippen LogP contribution in [0.2, 0.25) is 0 Å². The van der Waals surface area contributed by atoms with Crippen molar-refractivity contribution in [3.8, 4) is 5.75 Å². The zero-order valence-corrected chi connectivity index (χ0v) is 16.9. The predicted molar refractivity (Wildman–Crippen MR) is 102 cm³/mol. The van der Waals surface area contributed by atoms with Crippen LogP contribution >= 0.6 is 0 Å². The Morgan fingerprint density at radius 1 is 1.18 bits per heavy atom. The first-order valence-electron chi connectivity index (χ1n) is 9.24. The van der Waals surface area contributed by atoms with E-state index in [2.05, 4.69) is 4.98 Å². The first kappa shape index (κ1) is 18.9. The molecule has 0 aliphatic carbocycles. The third-order valence-corrected chi connectivity index (χ3v) is 7.52. The summed E-state index contributed by atoms with van der Waals surface area (Å²) in [4.78, 5) is 18.6. The number of nitrogens with zero attached hydrogens (tertiary/aromatic N) is 4. The van der Waals surface area contributed by atoms with E-state index in [9.17, 15) is 13.2 Å². The van der Waals surface area contributed by atoms with E-state index >= 15 is 0 Å². The molecule has 28 heavy (non-hydrogen) atoms. The average molecular weight is 404 g/mol. The van der Waals surface area contributed by atoms with Crippen LogP contribution in [-0.4, -0.2) is 59.8 Å². The van der Waals surface area contributed by atoms with Crippen molar-refractivity contribution in [2.45, 2.75) is 24.4 Å². The number of hydrogen-bond acceptors (Lipinski definition) is 5. The molecule has 0 radical (unpaired) electrons. The highest BCUT2D eigenvalue weighted by molar-refractivity contribution is 7.89. The molecule has 1 aromatic heterocycles. The van der Waals surface area contributed by atoms with Gasteiger partial charge in [0.2, 0.25) is 5.91 Å². The van der Waals surface area contributed by atoms with E-state index in [0.717, 1.165) is 11.3 Å². The number of hydrogen-bond donors (Lipinski definition) is 0. The second-order valence-corrected chi connectivity index (χ2v) is 9.46. The van der Waals surface area contributed by atoms with Crippen molar-refractivity contribution in [2.75, 3.05) is 26.7 Å². The fraction of sp³-hybridized carbons (Fsp3) is 0.474. The number of amides is 1. The van der Waals surface area contributed by atoms with Gasteiger partial charge in [0, 0.05) is 39.4 Å². The molecule has 0 bridgehead atoms. The molecular weight excluding hydrogens is 380 g/mol. The third kappa shape index (κ3) is 3.18. The highest BCUT2D eigenvalue weighted by Gasteiger charge is 2.53. The number of piperidine rings is 1. The van der Waals surface area contributed by atoms with Gasteiger partial charge in [0.1, 0.15) is 5.75 Å². The molecule has 4 rings (SSSR count).